The summed E-state index contributed by atoms with van der Waals surface area (Å²) in [6.45, 7) is 1.75. The highest BCUT2D eigenvalue weighted by atomic mass is 16.2. The van der Waals surface area contributed by atoms with E-state index in [-0.39, 0.29) is 17.7 Å². The van der Waals surface area contributed by atoms with Gasteiger partial charge in [0.2, 0.25) is 0 Å². The summed E-state index contributed by atoms with van der Waals surface area (Å²) < 4.78 is 0. The van der Waals surface area contributed by atoms with E-state index >= 15 is 0 Å². The Bertz CT molecular complexity index is 373. The van der Waals surface area contributed by atoms with Crippen LogP contribution in [0.4, 0.5) is 0 Å². The summed E-state index contributed by atoms with van der Waals surface area (Å²) in [5, 5.41) is 0. The average Bonchev–Trinajstić information content (AvgIpc) is 2.23. The fourth-order valence-electron chi connectivity index (χ4n) is 1.65. The van der Waals surface area contributed by atoms with Crippen molar-refractivity contribution in [1.82, 2.24) is 4.90 Å². The summed E-state index contributed by atoms with van der Waals surface area (Å²) in [6.07, 6.45) is 0. The maximum absolute atomic E-state index is 11.8. The Morgan fingerprint density at radius 2 is 1.71 bits per heavy atom. The second-order valence-electron chi connectivity index (χ2n) is 3.50. The van der Waals surface area contributed by atoms with E-state index < -0.39 is 0 Å². The van der Waals surface area contributed by atoms with E-state index in [0.717, 1.165) is 0 Å². The molecular weight excluding hydrogens is 178 g/mol. The molecule has 1 aliphatic rings. The smallest absolute Gasteiger partial charge is 0.254 e. The first-order chi connectivity index (χ1) is 6.63. The third-order valence-electron chi connectivity index (χ3n) is 2.70. The van der Waals surface area contributed by atoms with Gasteiger partial charge in [-0.3, -0.25) is 9.59 Å². The van der Waals surface area contributed by atoms with E-state index in [9.17, 15) is 9.59 Å². The van der Waals surface area contributed by atoms with Crippen LogP contribution in [0.3, 0.4) is 0 Å². The van der Waals surface area contributed by atoms with Crippen molar-refractivity contribution in [3.63, 3.8) is 0 Å². The minimum Gasteiger partial charge on any atom is -0.332 e. The molecule has 2 rings (SSSR count). The van der Waals surface area contributed by atoms with Gasteiger partial charge in [0.15, 0.2) is 5.78 Å². The van der Waals surface area contributed by atoms with Crippen LogP contribution >= 0.6 is 0 Å². The Labute approximate surface area is 82.3 Å². The Morgan fingerprint density at radius 3 is 2.36 bits per heavy atom. The van der Waals surface area contributed by atoms with Crippen LogP contribution in [0, 0.1) is 0 Å². The fourth-order valence-corrected chi connectivity index (χ4v) is 1.65. The summed E-state index contributed by atoms with van der Waals surface area (Å²) in [7, 11) is 1.65. The molecule has 0 aliphatic carbocycles. The van der Waals surface area contributed by atoms with Crippen LogP contribution < -0.4 is 0 Å². The van der Waals surface area contributed by atoms with Crippen molar-refractivity contribution in [2.24, 2.45) is 0 Å². The number of carbonyl (C=O) groups is 2. The SMILES string of the molecule is CC1C(=O)c2ccccc2C(=O)N1C. The standard InChI is InChI=1S/C11H11NO2/c1-7-10(13)8-5-3-4-6-9(8)11(14)12(7)2/h3-7H,1-2H3. The van der Waals surface area contributed by atoms with Gasteiger partial charge in [-0.1, -0.05) is 18.2 Å². The topological polar surface area (TPSA) is 37.4 Å². The Morgan fingerprint density at radius 1 is 1.14 bits per heavy atom. The summed E-state index contributed by atoms with van der Waals surface area (Å²) in [5.41, 5.74) is 1.06. The molecule has 0 fully saturated rings. The number of ketones is 1. The van der Waals surface area contributed by atoms with E-state index in [4.69, 9.17) is 0 Å². The van der Waals surface area contributed by atoms with Crippen molar-refractivity contribution in [2.45, 2.75) is 13.0 Å². The number of amides is 1. The van der Waals surface area contributed by atoms with Crippen molar-refractivity contribution in [3.8, 4) is 0 Å². The van der Waals surface area contributed by atoms with Gasteiger partial charge in [0.25, 0.3) is 5.91 Å². The summed E-state index contributed by atoms with van der Waals surface area (Å²) >= 11 is 0. The molecule has 14 heavy (non-hydrogen) atoms. The van der Waals surface area contributed by atoms with Crippen LogP contribution in [0.25, 0.3) is 0 Å². The van der Waals surface area contributed by atoms with Gasteiger partial charge in [0.1, 0.15) is 0 Å². The van der Waals surface area contributed by atoms with Gasteiger partial charge < -0.3 is 4.90 Å². The molecule has 1 amide bonds. The van der Waals surface area contributed by atoms with Crippen molar-refractivity contribution >= 4 is 11.7 Å². The van der Waals surface area contributed by atoms with Crippen molar-refractivity contribution in [3.05, 3.63) is 35.4 Å². The average molecular weight is 189 g/mol. The van der Waals surface area contributed by atoms with Crippen LogP contribution in [-0.2, 0) is 0 Å². The quantitative estimate of drug-likeness (QED) is 0.617. The Balaban J connectivity index is 2.62. The van der Waals surface area contributed by atoms with Crippen LogP contribution in [0.15, 0.2) is 24.3 Å². The lowest BCUT2D eigenvalue weighted by Gasteiger charge is -2.29. The normalized spacial score (nSPS) is 21.0. The van der Waals surface area contributed by atoms with Crippen molar-refractivity contribution in [2.75, 3.05) is 7.05 Å². The maximum atomic E-state index is 11.8. The van der Waals surface area contributed by atoms with Gasteiger partial charge in [-0.15, -0.1) is 0 Å². The zero-order chi connectivity index (χ0) is 10.3. The first-order valence-corrected chi connectivity index (χ1v) is 4.53. The van der Waals surface area contributed by atoms with Gasteiger partial charge in [-0.2, -0.15) is 0 Å². The van der Waals surface area contributed by atoms with Gasteiger partial charge in [0, 0.05) is 12.6 Å². The molecule has 0 spiro atoms. The lowest BCUT2D eigenvalue weighted by atomic mass is 9.93. The minimum absolute atomic E-state index is 0.0164. The molecule has 0 N–H and O–H groups in total. The number of nitrogens with zero attached hydrogens (tertiary/aromatic N) is 1. The molecule has 0 saturated carbocycles. The van der Waals surface area contributed by atoms with Crippen LogP contribution in [0.2, 0.25) is 0 Å². The molecule has 1 aromatic rings. The maximum Gasteiger partial charge on any atom is 0.254 e. The number of likely N-dealkylation sites (N-methyl/N-ethyl adjacent to an activating group) is 1. The van der Waals surface area contributed by atoms with E-state index in [0.29, 0.717) is 11.1 Å². The van der Waals surface area contributed by atoms with Gasteiger partial charge in [-0.05, 0) is 13.0 Å². The van der Waals surface area contributed by atoms with E-state index in [1.54, 1.807) is 38.2 Å². The van der Waals surface area contributed by atoms with E-state index in [1.165, 1.54) is 4.90 Å². The zero-order valence-corrected chi connectivity index (χ0v) is 8.15. The molecule has 1 unspecified atom stereocenters. The molecule has 1 heterocycles. The second-order valence-corrected chi connectivity index (χ2v) is 3.50. The van der Waals surface area contributed by atoms with Crippen molar-refractivity contribution in [1.29, 1.82) is 0 Å². The molecule has 1 aliphatic heterocycles. The molecule has 3 heteroatoms. The zero-order valence-electron chi connectivity index (χ0n) is 8.15. The highest BCUT2D eigenvalue weighted by Crippen LogP contribution is 2.21. The molecule has 1 aromatic carbocycles. The third-order valence-corrected chi connectivity index (χ3v) is 2.70. The van der Waals surface area contributed by atoms with Gasteiger partial charge >= 0.3 is 0 Å². The number of hydrogen-bond donors (Lipinski definition) is 0. The molecule has 3 nitrogen and oxygen atoms in total. The molecule has 0 saturated heterocycles. The molecule has 72 valence electrons. The molecule has 0 aromatic heterocycles. The monoisotopic (exact) mass is 189 g/mol. The summed E-state index contributed by atoms with van der Waals surface area (Å²) in [4.78, 5) is 25.0. The van der Waals surface area contributed by atoms with Crippen LogP contribution in [0.5, 0.6) is 0 Å². The van der Waals surface area contributed by atoms with Crippen molar-refractivity contribution < 1.29 is 9.59 Å². The Kier molecular flexibility index (Phi) is 1.88. The van der Waals surface area contributed by atoms with Gasteiger partial charge in [-0.25, -0.2) is 0 Å². The predicted octanol–water partition coefficient (Wildman–Crippen LogP) is 1.34. The van der Waals surface area contributed by atoms with E-state index in [2.05, 4.69) is 0 Å². The lowest BCUT2D eigenvalue weighted by molar-refractivity contribution is 0.0643. The highest BCUT2D eigenvalue weighted by molar-refractivity contribution is 6.14. The molecule has 0 radical (unpaired) electrons. The number of hydrogen-bond acceptors (Lipinski definition) is 2. The molecular formula is C11H11NO2. The highest BCUT2D eigenvalue weighted by Gasteiger charge is 2.32. The predicted molar refractivity (Wildman–Crippen MR) is 52.3 cm³/mol. The van der Waals surface area contributed by atoms with Crippen LogP contribution in [0.1, 0.15) is 27.6 Å². The lowest BCUT2D eigenvalue weighted by Crippen LogP contribution is -2.45. The number of benzene rings is 1. The second kappa shape index (κ2) is 2.94. The fraction of sp³-hybridized carbons (Fsp3) is 0.273. The number of carbonyl (C=O) groups excluding carboxylic acids is 2. The summed E-state index contributed by atoms with van der Waals surface area (Å²) in [5.74, 6) is -0.0598. The number of rotatable bonds is 0. The van der Waals surface area contributed by atoms with Crippen LogP contribution in [-0.4, -0.2) is 29.7 Å². The molecule has 1 atom stereocenters. The minimum atomic E-state index is -0.350. The first-order valence-electron chi connectivity index (χ1n) is 4.53. The number of Topliss-reactive ketones (excluding diaryl/α,β-unsaturated/α-hetero) is 1. The third kappa shape index (κ3) is 1.05. The van der Waals surface area contributed by atoms with E-state index in [1.807, 2.05) is 0 Å². The largest absolute Gasteiger partial charge is 0.332 e. The Hall–Kier alpha value is -1.64. The first kappa shape index (κ1) is 8.94. The van der Waals surface area contributed by atoms with Gasteiger partial charge in [0.05, 0.1) is 11.6 Å². The summed E-state index contributed by atoms with van der Waals surface area (Å²) in [6, 6.07) is 6.60. The molecule has 0 bridgehead atoms. The number of fused-ring (bicyclic) bond motifs is 1.